The molecule has 0 saturated carbocycles. The van der Waals surface area contributed by atoms with Crippen molar-refractivity contribution in [3.8, 4) is 0 Å². The lowest BCUT2D eigenvalue weighted by Crippen LogP contribution is -2.53. The van der Waals surface area contributed by atoms with E-state index in [-0.39, 0.29) is 6.03 Å². The molecule has 0 atom stereocenters. The van der Waals surface area contributed by atoms with Gasteiger partial charge in [-0.1, -0.05) is 0 Å². The molecule has 3 nitrogen and oxygen atoms in total. The molecule has 1 heterocycles. The molecule has 0 unspecified atom stereocenters. The molecule has 0 aromatic rings. The normalized spacial score (nSPS) is 18.8. The zero-order valence-corrected chi connectivity index (χ0v) is 2.62. The largest absolute Gasteiger partial charge is 0.321 e. The smallest absolute Gasteiger partial charge is 0.317 e. The van der Waals surface area contributed by atoms with Gasteiger partial charge in [0.05, 0.1) is 6.67 Å². The second-order valence-corrected chi connectivity index (χ2v) is 0.859. The van der Waals surface area contributed by atoms with Gasteiger partial charge in [0.25, 0.3) is 0 Å². The molecule has 0 bridgehead atoms. The van der Waals surface area contributed by atoms with Gasteiger partial charge in [-0.3, -0.25) is 0 Å². The number of carbonyl (C=O) groups is 1. The van der Waals surface area contributed by atoms with Gasteiger partial charge in [-0.05, 0) is 0 Å². The third kappa shape index (κ3) is 0.190. The highest BCUT2D eigenvalue weighted by Gasteiger charge is 2.04. The van der Waals surface area contributed by atoms with E-state index in [0.29, 0.717) is 6.67 Å². The van der Waals surface area contributed by atoms with E-state index in [4.69, 9.17) is 0 Å². The van der Waals surface area contributed by atoms with Crippen molar-refractivity contribution in [1.82, 2.24) is 10.6 Å². The molecule has 28 valence electrons. The van der Waals surface area contributed by atoms with Crippen molar-refractivity contribution in [2.45, 2.75) is 0 Å². The van der Waals surface area contributed by atoms with Crippen LogP contribution in [0.3, 0.4) is 0 Å². The van der Waals surface area contributed by atoms with Crippen molar-refractivity contribution in [2.24, 2.45) is 0 Å². The third-order valence-electron chi connectivity index (χ3n) is 0.498. The number of urea groups is 1. The molecule has 0 aliphatic carbocycles. The first kappa shape index (κ1) is 2.50. The minimum atomic E-state index is -0.0648. The molecule has 5 heavy (non-hydrogen) atoms. The van der Waals surface area contributed by atoms with Crippen LogP contribution in [0.25, 0.3) is 0 Å². The first-order valence-corrected chi connectivity index (χ1v) is 1.41. The maximum Gasteiger partial charge on any atom is 0.317 e. The number of rotatable bonds is 0. The molecule has 2 N–H and O–H groups in total. The van der Waals surface area contributed by atoms with Gasteiger partial charge in [-0.25, -0.2) is 4.79 Å². The van der Waals surface area contributed by atoms with Crippen LogP contribution < -0.4 is 10.6 Å². The molecule has 1 rings (SSSR count). The number of amides is 2. The number of nitrogens with one attached hydrogen (secondary N) is 2. The van der Waals surface area contributed by atoms with Gasteiger partial charge in [-0.2, -0.15) is 0 Å². The monoisotopic (exact) mass is 72.0 g/mol. The van der Waals surface area contributed by atoms with Gasteiger partial charge < -0.3 is 10.6 Å². The molecule has 1 aliphatic rings. The van der Waals surface area contributed by atoms with Crippen LogP contribution in [0.2, 0.25) is 0 Å². The molecule has 2 amide bonds. The number of hydrogen-bond acceptors (Lipinski definition) is 1. The van der Waals surface area contributed by atoms with Crippen LogP contribution in [0, 0.1) is 0 Å². The highest BCUT2D eigenvalue weighted by Crippen LogP contribution is 1.67. The van der Waals surface area contributed by atoms with Crippen molar-refractivity contribution in [1.29, 1.82) is 0 Å². The minimum absolute atomic E-state index is 0.0648. The lowest BCUT2D eigenvalue weighted by molar-refractivity contribution is 0.226. The van der Waals surface area contributed by atoms with E-state index in [0.717, 1.165) is 0 Å². The molecule has 0 aromatic heterocycles. The Kier molecular flexibility index (Phi) is 0.304. The molecule has 1 fully saturated rings. The van der Waals surface area contributed by atoms with E-state index in [9.17, 15) is 4.79 Å². The standard InChI is InChI=1S/C2H4N2O/c5-2-3-1-4-2/h1H2,(H2,3,4,5). The van der Waals surface area contributed by atoms with Crippen LogP contribution >= 0.6 is 0 Å². The van der Waals surface area contributed by atoms with E-state index in [1.165, 1.54) is 0 Å². The van der Waals surface area contributed by atoms with Crippen LogP contribution in [-0.4, -0.2) is 12.7 Å². The van der Waals surface area contributed by atoms with Gasteiger partial charge in [0.2, 0.25) is 0 Å². The summed E-state index contributed by atoms with van der Waals surface area (Å²) in [6, 6.07) is -0.0648. The molecule has 1 saturated heterocycles. The molecule has 0 aromatic carbocycles. The molecular formula is C2H4N2O. The van der Waals surface area contributed by atoms with Gasteiger partial charge in [0.1, 0.15) is 0 Å². The summed E-state index contributed by atoms with van der Waals surface area (Å²) in [5, 5.41) is 4.92. The van der Waals surface area contributed by atoms with Crippen molar-refractivity contribution >= 4 is 6.03 Å². The van der Waals surface area contributed by atoms with E-state index in [1.807, 2.05) is 0 Å². The summed E-state index contributed by atoms with van der Waals surface area (Å²) in [6.45, 7) is 0.638. The van der Waals surface area contributed by atoms with Crippen molar-refractivity contribution < 1.29 is 4.79 Å². The van der Waals surface area contributed by atoms with E-state index in [2.05, 4.69) is 10.6 Å². The number of hydrogen-bond donors (Lipinski definition) is 2. The van der Waals surface area contributed by atoms with Crippen LogP contribution in [0.4, 0.5) is 4.79 Å². The topological polar surface area (TPSA) is 41.1 Å². The molecule has 3 heteroatoms. The predicted octanol–water partition coefficient (Wildman–Crippen LogP) is -0.743. The second kappa shape index (κ2) is 0.607. The Morgan fingerprint density at radius 3 is 2.00 bits per heavy atom. The second-order valence-electron chi connectivity index (χ2n) is 0.859. The SMILES string of the molecule is O=C1NCN1. The van der Waals surface area contributed by atoms with Crippen molar-refractivity contribution in [2.75, 3.05) is 6.67 Å². The average molecular weight is 72.1 g/mol. The summed E-state index contributed by atoms with van der Waals surface area (Å²) in [5.41, 5.74) is 0. The Balaban J connectivity index is 2.32. The summed E-state index contributed by atoms with van der Waals surface area (Å²) in [6.07, 6.45) is 0. The Morgan fingerprint density at radius 2 is 2.00 bits per heavy atom. The first-order chi connectivity index (χ1) is 2.39. The third-order valence-corrected chi connectivity index (χ3v) is 0.498. The first-order valence-electron chi connectivity index (χ1n) is 1.41. The quantitative estimate of drug-likeness (QED) is 0.388. The summed E-state index contributed by atoms with van der Waals surface area (Å²) < 4.78 is 0. The zero-order chi connectivity index (χ0) is 3.70. The summed E-state index contributed by atoms with van der Waals surface area (Å²) in [4.78, 5) is 9.68. The van der Waals surface area contributed by atoms with Crippen LogP contribution in [0.15, 0.2) is 0 Å². The lowest BCUT2D eigenvalue weighted by atomic mass is 10.7. The van der Waals surface area contributed by atoms with Crippen LogP contribution in [0.5, 0.6) is 0 Å². The highest BCUT2D eigenvalue weighted by molar-refractivity contribution is 5.78. The lowest BCUT2D eigenvalue weighted by Gasteiger charge is -2.13. The van der Waals surface area contributed by atoms with Crippen molar-refractivity contribution in [3.63, 3.8) is 0 Å². The van der Waals surface area contributed by atoms with Crippen molar-refractivity contribution in [3.05, 3.63) is 0 Å². The van der Waals surface area contributed by atoms with Crippen LogP contribution in [-0.2, 0) is 0 Å². The van der Waals surface area contributed by atoms with E-state index >= 15 is 0 Å². The summed E-state index contributed by atoms with van der Waals surface area (Å²) in [5.74, 6) is 0. The highest BCUT2D eigenvalue weighted by atomic mass is 16.2. The minimum Gasteiger partial charge on any atom is -0.321 e. The van der Waals surface area contributed by atoms with Gasteiger partial charge in [0, 0.05) is 0 Å². The maximum atomic E-state index is 9.68. The van der Waals surface area contributed by atoms with E-state index < -0.39 is 0 Å². The van der Waals surface area contributed by atoms with Crippen LogP contribution in [0.1, 0.15) is 0 Å². The fourth-order valence-corrected chi connectivity index (χ4v) is 0.161. The Labute approximate surface area is 29.4 Å². The number of carbonyl (C=O) groups excluding carboxylic acids is 1. The summed E-state index contributed by atoms with van der Waals surface area (Å²) in [7, 11) is 0. The summed E-state index contributed by atoms with van der Waals surface area (Å²) >= 11 is 0. The zero-order valence-electron chi connectivity index (χ0n) is 2.62. The van der Waals surface area contributed by atoms with Gasteiger partial charge in [0.15, 0.2) is 0 Å². The van der Waals surface area contributed by atoms with E-state index in [1.54, 1.807) is 0 Å². The Bertz CT molecular complexity index is 54.7. The fourth-order valence-electron chi connectivity index (χ4n) is 0.161. The fraction of sp³-hybridized carbons (Fsp3) is 0.500. The molecule has 1 aliphatic heterocycles. The maximum absolute atomic E-state index is 9.68. The average Bonchev–Trinajstić information content (AvgIpc) is 1.30. The molecular weight excluding hydrogens is 68.0 g/mol. The Morgan fingerprint density at radius 1 is 1.60 bits per heavy atom. The molecule has 0 spiro atoms. The van der Waals surface area contributed by atoms with Gasteiger partial charge >= 0.3 is 6.03 Å². The Hall–Kier alpha value is -0.730. The molecule has 0 radical (unpaired) electrons. The van der Waals surface area contributed by atoms with Gasteiger partial charge in [-0.15, -0.1) is 0 Å². The predicted molar refractivity (Wildman–Crippen MR) is 16.5 cm³/mol.